The van der Waals surface area contributed by atoms with E-state index in [4.69, 9.17) is 0 Å². The van der Waals surface area contributed by atoms with Crippen LogP contribution in [0.2, 0.25) is 0 Å². The van der Waals surface area contributed by atoms with Gasteiger partial charge in [0.25, 0.3) is 5.91 Å². The van der Waals surface area contributed by atoms with E-state index in [1.165, 1.54) is 11.0 Å². The number of amides is 3. The van der Waals surface area contributed by atoms with E-state index in [1.807, 2.05) is 24.3 Å². The van der Waals surface area contributed by atoms with Gasteiger partial charge >= 0.3 is 11.8 Å². The van der Waals surface area contributed by atoms with E-state index >= 15 is 0 Å². The van der Waals surface area contributed by atoms with Gasteiger partial charge in [0.2, 0.25) is 0 Å². The fraction of sp³-hybridized carbons (Fsp3) is 0.167. The Morgan fingerprint density at radius 3 is 2.32 bits per heavy atom. The summed E-state index contributed by atoms with van der Waals surface area (Å²) in [6, 6.07) is 13.8. The van der Waals surface area contributed by atoms with E-state index in [9.17, 15) is 14.4 Å². The first-order chi connectivity index (χ1) is 11.9. The van der Waals surface area contributed by atoms with E-state index in [1.54, 1.807) is 32.3 Å². The van der Waals surface area contributed by atoms with E-state index in [0.29, 0.717) is 11.3 Å². The first kappa shape index (κ1) is 18.7. The van der Waals surface area contributed by atoms with Crippen molar-refractivity contribution in [3.8, 4) is 0 Å². The number of halogens is 1. The van der Waals surface area contributed by atoms with Gasteiger partial charge in [-0.15, -0.1) is 0 Å². The van der Waals surface area contributed by atoms with Gasteiger partial charge in [0.1, 0.15) is 0 Å². The monoisotopic (exact) mass is 403 g/mol. The molecule has 2 rings (SSSR count). The van der Waals surface area contributed by atoms with Gasteiger partial charge in [0.15, 0.2) is 0 Å². The van der Waals surface area contributed by atoms with Crippen LogP contribution in [0.25, 0.3) is 0 Å². The van der Waals surface area contributed by atoms with Crippen LogP contribution in [0.15, 0.2) is 53.0 Å². The average molecular weight is 404 g/mol. The Hall–Kier alpha value is -2.67. The van der Waals surface area contributed by atoms with Gasteiger partial charge in [-0.3, -0.25) is 14.4 Å². The lowest BCUT2D eigenvalue weighted by Gasteiger charge is -2.11. The zero-order valence-electron chi connectivity index (χ0n) is 13.9. The largest absolute Gasteiger partial charge is 0.345 e. The normalized spacial score (nSPS) is 10.0. The lowest BCUT2D eigenvalue weighted by molar-refractivity contribution is -0.136. The van der Waals surface area contributed by atoms with E-state index in [2.05, 4.69) is 26.6 Å². The quantitative estimate of drug-likeness (QED) is 0.769. The summed E-state index contributed by atoms with van der Waals surface area (Å²) in [6.07, 6.45) is 0. The molecule has 0 aliphatic carbocycles. The number of benzene rings is 2. The SMILES string of the molecule is CN(C)C(=O)c1cccc(NC(=O)C(=O)NCc2ccc(Br)cc2)c1. The van der Waals surface area contributed by atoms with Crippen molar-refractivity contribution in [2.75, 3.05) is 19.4 Å². The van der Waals surface area contributed by atoms with Crippen LogP contribution >= 0.6 is 15.9 Å². The fourth-order valence-corrected chi connectivity index (χ4v) is 2.31. The standard InChI is InChI=1S/C18H18BrN3O3/c1-22(2)18(25)13-4-3-5-15(10-13)21-17(24)16(23)20-11-12-6-8-14(19)9-7-12/h3-10H,11H2,1-2H3,(H,20,23)(H,21,24). The molecule has 25 heavy (non-hydrogen) atoms. The van der Waals surface area contributed by atoms with E-state index in [0.717, 1.165) is 10.0 Å². The number of anilines is 1. The predicted molar refractivity (Wildman–Crippen MR) is 99.1 cm³/mol. The summed E-state index contributed by atoms with van der Waals surface area (Å²) < 4.78 is 0.937. The van der Waals surface area contributed by atoms with Crippen molar-refractivity contribution in [2.45, 2.75) is 6.54 Å². The molecule has 2 aromatic carbocycles. The molecule has 0 spiro atoms. The molecular weight excluding hydrogens is 386 g/mol. The molecule has 3 amide bonds. The molecule has 0 unspecified atom stereocenters. The Morgan fingerprint density at radius 1 is 1.00 bits per heavy atom. The minimum Gasteiger partial charge on any atom is -0.345 e. The second-order valence-corrected chi connectivity index (χ2v) is 6.46. The maximum atomic E-state index is 12.0. The number of hydrogen-bond acceptors (Lipinski definition) is 3. The summed E-state index contributed by atoms with van der Waals surface area (Å²) in [5.74, 6) is -1.71. The Kier molecular flexibility index (Phi) is 6.30. The zero-order valence-corrected chi connectivity index (χ0v) is 15.5. The van der Waals surface area contributed by atoms with Crippen molar-refractivity contribution in [1.82, 2.24) is 10.2 Å². The van der Waals surface area contributed by atoms with Gasteiger partial charge in [-0.1, -0.05) is 34.1 Å². The molecule has 2 aromatic rings. The maximum Gasteiger partial charge on any atom is 0.313 e. The van der Waals surface area contributed by atoms with Crippen LogP contribution in [0.4, 0.5) is 5.69 Å². The number of carbonyl (C=O) groups is 3. The third-order valence-corrected chi connectivity index (χ3v) is 3.87. The van der Waals surface area contributed by atoms with Crippen molar-refractivity contribution in [3.05, 3.63) is 64.1 Å². The lowest BCUT2D eigenvalue weighted by Crippen LogP contribution is -2.35. The van der Waals surface area contributed by atoms with Crippen LogP contribution in [-0.4, -0.2) is 36.7 Å². The molecule has 0 fully saturated rings. The summed E-state index contributed by atoms with van der Waals surface area (Å²) in [5.41, 5.74) is 1.69. The van der Waals surface area contributed by atoms with Crippen LogP contribution in [0.5, 0.6) is 0 Å². The van der Waals surface area contributed by atoms with Gasteiger partial charge in [-0.05, 0) is 35.9 Å². The number of nitrogens with one attached hydrogen (secondary N) is 2. The van der Waals surface area contributed by atoms with Crippen LogP contribution in [0.1, 0.15) is 15.9 Å². The molecule has 0 heterocycles. The zero-order chi connectivity index (χ0) is 18.4. The minimum atomic E-state index is -0.786. The molecule has 130 valence electrons. The van der Waals surface area contributed by atoms with Crippen molar-refractivity contribution in [3.63, 3.8) is 0 Å². The molecule has 0 aliphatic rings. The molecule has 0 aliphatic heterocycles. The van der Waals surface area contributed by atoms with Crippen molar-refractivity contribution >= 4 is 39.3 Å². The highest BCUT2D eigenvalue weighted by Gasteiger charge is 2.15. The molecule has 0 radical (unpaired) electrons. The molecule has 2 N–H and O–H groups in total. The smallest absolute Gasteiger partial charge is 0.313 e. The van der Waals surface area contributed by atoms with Crippen molar-refractivity contribution in [2.24, 2.45) is 0 Å². The number of nitrogens with zero attached hydrogens (tertiary/aromatic N) is 1. The highest BCUT2D eigenvalue weighted by molar-refractivity contribution is 9.10. The average Bonchev–Trinajstić information content (AvgIpc) is 2.60. The maximum absolute atomic E-state index is 12.0. The van der Waals surface area contributed by atoms with Crippen molar-refractivity contribution in [1.29, 1.82) is 0 Å². The molecule has 6 nitrogen and oxygen atoms in total. The van der Waals surface area contributed by atoms with Gasteiger partial charge in [0.05, 0.1) is 0 Å². The minimum absolute atomic E-state index is 0.184. The molecular formula is C18H18BrN3O3. The number of rotatable bonds is 4. The van der Waals surface area contributed by atoms with Gasteiger partial charge in [0, 0.05) is 36.4 Å². The van der Waals surface area contributed by atoms with Crippen LogP contribution in [0, 0.1) is 0 Å². The molecule has 0 atom stereocenters. The van der Waals surface area contributed by atoms with E-state index < -0.39 is 11.8 Å². The summed E-state index contributed by atoms with van der Waals surface area (Å²) in [7, 11) is 3.28. The van der Waals surface area contributed by atoms with Crippen molar-refractivity contribution < 1.29 is 14.4 Å². The summed E-state index contributed by atoms with van der Waals surface area (Å²) in [5, 5.41) is 5.04. The third kappa shape index (κ3) is 5.42. The second kappa shape index (κ2) is 8.43. The second-order valence-electron chi connectivity index (χ2n) is 5.54. The Labute approximate surface area is 154 Å². The third-order valence-electron chi connectivity index (χ3n) is 3.35. The Bertz CT molecular complexity index is 788. The molecule has 0 saturated carbocycles. The van der Waals surface area contributed by atoms with Crippen LogP contribution in [0.3, 0.4) is 0 Å². The number of hydrogen-bond donors (Lipinski definition) is 2. The van der Waals surface area contributed by atoms with Crippen LogP contribution < -0.4 is 10.6 Å². The van der Waals surface area contributed by atoms with Gasteiger partial charge in [-0.2, -0.15) is 0 Å². The summed E-state index contributed by atoms with van der Waals surface area (Å²) >= 11 is 3.33. The molecule has 0 bridgehead atoms. The topological polar surface area (TPSA) is 78.5 Å². The Balaban J connectivity index is 1.94. The molecule has 7 heteroatoms. The summed E-state index contributed by atoms with van der Waals surface area (Å²) in [6.45, 7) is 0.249. The first-order valence-corrected chi connectivity index (χ1v) is 8.31. The molecule has 0 aromatic heterocycles. The van der Waals surface area contributed by atoms with E-state index in [-0.39, 0.29) is 12.5 Å². The lowest BCUT2D eigenvalue weighted by atomic mass is 10.2. The van der Waals surface area contributed by atoms with Crippen LogP contribution in [-0.2, 0) is 16.1 Å². The molecule has 0 saturated heterocycles. The summed E-state index contributed by atoms with van der Waals surface area (Å²) in [4.78, 5) is 37.3. The first-order valence-electron chi connectivity index (χ1n) is 7.52. The Morgan fingerprint density at radius 2 is 1.68 bits per heavy atom. The fourth-order valence-electron chi connectivity index (χ4n) is 2.04. The number of carbonyl (C=O) groups excluding carboxylic acids is 3. The highest BCUT2D eigenvalue weighted by atomic mass is 79.9. The highest BCUT2D eigenvalue weighted by Crippen LogP contribution is 2.12. The van der Waals surface area contributed by atoms with Gasteiger partial charge < -0.3 is 15.5 Å². The predicted octanol–water partition coefficient (Wildman–Crippen LogP) is 2.41. The van der Waals surface area contributed by atoms with Gasteiger partial charge in [-0.25, -0.2) is 0 Å².